The van der Waals surface area contributed by atoms with Crippen LogP contribution in [0.25, 0.3) is 10.6 Å². The summed E-state index contributed by atoms with van der Waals surface area (Å²) in [6.45, 7) is 2.29. The predicted molar refractivity (Wildman–Crippen MR) is 83.8 cm³/mol. The van der Waals surface area contributed by atoms with Crippen molar-refractivity contribution in [1.82, 2.24) is 9.55 Å². The number of pyridine rings is 1. The molecule has 2 heterocycles. The number of aromatic hydroxyl groups is 1. The van der Waals surface area contributed by atoms with E-state index in [2.05, 4.69) is 4.98 Å². The van der Waals surface area contributed by atoms with Crippen molar-refractivity contribution in [3.8, 4) is 16.3 Å². The number of hydrogen-bond acceptors (Lipinski definition) is 4. The van der Waals surface area contributed by atoms with Crippen LogP contribution in [0.5, 0.6) is 5.75 Å². The van der Waals surface area contributed by atoms with Gasteiger partial charge in [-0.2, -0.15) is 0 Å². The van der Waals surface area contributed by atoms with Crippen LogP contribution < -0.4 is 5.56 Å². The third-order valence-electron chi connectivity index (χ3n) is 3.27. The largest absolute Gasteiger partial charge is 0.508 e. The Morgan fingerprint density at radius 1 is 1.29 bits per heavy atom. The van der Waals surface area contributed by atoms with Crippen molar-refractivity contribution >= 4 is 11.3 Å². The Morgan fingerprint density at radius 2 is 2.14 bits per heavy atom. The number of benzene rings is 1. The molecule has 3 aromatic rings. The highest BCUT2D eigenvalue weighted by atomic mass is 32.1. The summed E-state index contributed by atoms with van der Waals surface area (Å²) < 4.78 is 1.64. The first-order chi connectivity index (χ1) is 10.1. The molecule has 0 fully saturated rings. The molecule has 21 heavy (non-hydrogen) atoms. The van der Waals surface area contributed by atoms with E-state index in [1.54, 1.807) is 28.2 Å². The van der Waals surface area contributed by atoms with Crippen molar-refractivity contribution in [3.05, 3.63) is 69.6 Å². The van der Waals surface area contributed by atoms with Crippen molar-refractivity contribution < 1.29 is 5.11 Å². The minimum Gasteiger partial charge on any atom is -0.508 e. The molecule has 4 nitrogen and oxygen atoms in total. The maximum Gasteiger partial charge on any atom is 0.254 e. The number of hydrogen-bond donors (Lipinski definition) is 1. The Morgan fingerprint density at radius 3 is 2.86 bits per heavy atom. The molecule has 0 spiro atoms. The Kier molecular flexibility index (Phi) is 3.58. The van der Waals surface area contributed by atoms with Crippen LogP contribution in [0.3, 0.4) is 0 Å². The number of aryl methyl sites for hydroxylation is 1. The third kappa shape index (κ3) is 2.87. The maximum atomic E-state index is 12.0. The zero-order valence-corrected chi connectivity index (χ0v) is 12.3. The Balaban J connectivity index is 1.96. The second-order valence-corrected chi connectivity index (χ2v) is 5.71. The van der Waals surface area contributed by atoms with E-state index in [-0.39, 0.29) is 11.3 Å². The number of nitrogens with zero attached hydrogens (tertiary/aromatic N) is 2. The highest BCUT2D eigenvalue weighted by Crippen LogP contribution is 2.22. The first-order valence-electron chi connectivity index (χ1n) is 6.53. The van der Waals surface area contributed by atoms with Crippen molar-refractivity contribution in [2.24, 2.45) is 0 Å². The predicted octanol–water partition coefficient (Wildman–Crippen LogP) is 3.03. The average Bonchev–Trinajstić information content (AvgIpc) is 2.97. The molecular weight excluding hydrogens is 284 g/mol. The van der Waals surface area contributed by atoms with Gasteiger partial charge in [-0.05, 0) is 24.6 Å². The van der Waals surface area contributed by atoms with Crippen LogP contribution in [0.1, 0.15) is 11.3 Å². The number of rotatable bonds is 3. The molecule has 0 radical (unpaired) electrons. The van der Waals surface area contributed by atoms with Gasteiger partial charge in [0.15, 0.2) is 0 Å². The zero-order chi connectivity index (χ0) is 14.8. The Bertz CT molecular complexity index is 823. The van der Waals surface area contributed by atoms with Gasteiger partial charge >= 0.3 is 0 Å². The first-order valence-corrected chi connectivity index (χ1v) is 7.41. The summed E-state index contributed by atoms with van der Waals surface area (Å²) in [5.41, 5.74) is 2.61. The van der Waals surface area contributed by atoms with Crippen LogP contribution in [0.15, 0.2) is 52.8 Å². The Hall–Kier alpha value is -2.40. The fraction of sp³-hybridized carbons (Fsp3) is 0.125. The molecule has 0 unspecified atom stereocenters. The molecule has 0 aliphatic rings. The van der Waals surface area contributed by atoms with Crippen LogP contribution in [0, 0.1) is 6.92 Å². The van der Waals surface area contributed by atoms with E-state index >= 15 is 0 Å². The molecule has 0 aliphatic heterocycles. The lowest BCUT2D eigenvalue weighted by Gasteiger charge is -2.10. The molecule has 0 aliphatic carbocycles. The first kappa shape index (κ1) is 13.6. The minimum absolute atomic E-state index is 0.00489. The lowest BCUT2D eigenvalue weighted by Crippen LogP contribution is -2.21. The van der Waals surface area contributed by atoms with Crippen LogP contribution in [0.2, 0.25) is 0 Å². The molecule has 1 aromatic carbocycles. The summed E-state index contributed by atoms with van der Waals surface area (Å²) in [4.78, 5) is 16.3. The van der Waals surface area contributed by atoms with Gasteiger partial charge in [-0.3, -0.25) is 4.79 Å². The number of aromatic nitrogens is 2. The van der Waals surface area contributed by atoms with E-state index in [0.29, 0.717) is 6.54 Å². The standard InChI is InChI=1S/C16H14N2O2S/c1-11-7-14(19)9-15(20)18(11)10-12-3-2-4-13(8-12)16-17-5-6-21-16/h2-9,19H,10H2,1H3. The fourth-order valence-corrected chi connectivity index (χ4v) is 2.90. The normalized spacial score (nSPS) is 10.7. The summed E-state index contributed by atoms with van der Waals surface area (Å²) in [7, 11) is 0. The van der Waals surface area contributed by atoms with E-state index in [1.807, 2.05) is 36.6 Å². The van der Waals surface area contributed by atoms with Gasteiger partial charge in [0.2, 0.25) is 0 Å². The molecule has 2 aromatic heterocycles. The van der Waals surface area contributed by atoms with E-state index in [0.717, 1.165) is 21.8 Å². The van der Waals surface area contributed by atoms with Crippen LogP contribution in [0.4, 0.5) is 0 Å². The van der Waals surface area contributed by atoms with Crippen LogP contribution in [-0.2, 0) is 6.54 Å². The van der Waals surface area contributed by atoms with Gasteiger partial charge in [-0.25, -0.2) is 4.98 Å². The molecule has 0 amide bonds. The summed E-state index contributed by atoms with van der Waals surface area (Å²) in [5.74, 6) is 0.00489. The van der Waals surface area contributed by atoms with Crippen molar-refractivity contribution in [2.45, 2.75) is 13.5 Å². The molecule has 0 bridgehead atoms. The third-order valence-corrected chi connectivity index (χ3v) is 4.09. The van der Waals surface area contributed by atoms with Crippen molar-refractivity contribution in [1.29, 1.82) is 0 Å². The SMILES string of the molecule is Cc1cc(O)cc(=O)n1Cc1cccc(-c2nccs2)c1. The summed E-state index contributed by atoms with van der Waals surface area (Å²) in [5, 5.41) is 12.3. The van der Waals surface area contributed by atoms with Crippen LogP contribution in [-0.4, -0.2) is 14.7 Å². The minimum atomic E-state index is -0.202. The molecule has 0 atom stereocenters. The zero-order valence-electron chi connectivity index (χ0n) is 11.5. The van der Waals surface area contributed by atoms with Gasteiger partial charge in [-0.1, -0.05) is 18.2 Å². The summed E-state index contributed by atoms with van der Waals surface area (Å²) >= 11 is 1.59. The lowest BCUT2D eigenvalue weighted by atomic mass is 10.1. The average molecular weight is 298 g/mol. The fourth-order valence-electron chi connectivity index (χ4n) is 2.27. The molecule has 0 saturated carbocycles. The highest BCUT2D eigenvalue weighted by molar-refractivity contribution is 7.13. The second-order valence-electron chi connectivity index (χ2n) is 4.82. The molecular formula is C16H14N2O2S. The van der Waals surface area contributed by atoms with E-state index in [1.165, 1.54) is 6.07 Å². The van der Waals surface area contributed by atoms with E-state index in [9.17, 15) is 9.90 Å². The van der Waals surface area contributed by atoms with E-state index < -0.39 is 0 Å². The topological polar surface area (TPSA) is 55.1 Å². The van der Waals surface area contributed by atoms with Gasteiger partial charge < -0.3 is 9.67 Å². The van der Waals surface area contributed by atoms with Gasteiger partial charge in [0.05, 0.1) is 6.54 Å². The maximum absolute atomic E-state index is 12.0. The second kappa shape index (κ2) is 5.54. The highest BCUT2D eigenvalue weighted by Gasteiger charge is 2.06. The molecule has 5 heteroatoms. The van der Waals surface area contributed by atoms with Crippen LogP contribution >= 0.6 is 11.3 Å². The monoisotopic (exact) mass is 298 g/mol. The molecule has 1 N–H and O–H groups in total. The van der Waals surface area contributed by atoms with Crippen molar-refractivity contribution in [2.75, 3.05) is 0 Å². The lowest BCUT2D eigenvalue weighted by molar-refractivity contribution is 0.470. The Labute approximate surface area is 126 Å². The smallest absolute Gasteiger partial charge is 0.254 e. The molecule has 106 valence electrons. The van der Waals surface area contributed by atoms with Gasteiger partial charge in [0, 0.05) is 28.9 Å². The quantitative estimate of drug-likeness (QED) is 0.808. The van der Waals surface area contributed by atoms with Gasteiger partial charge in [0.1, 0.15) is 10.8 Å². The van der Waals surface area contributed by atoms with Crippen molar-refractivity contribution in [3.63, 3.8) is 0 Å². The number of thiazole rings is 1. The summed E-state index contributed by atoms with van der Waals surface area (Å²) in [6.07, 6.45) is 1.78. The summed E-state index contributed by atoms with van der Waals surface area (Å²) in [6, 6.07) is 10.8. The molecule has 0 saturated heterocycles. The van der Waals surface area contributed by atoms with Gasteiger partial charge in [-0.15, -0.1) is 11.3 Å². The molecule has 3 rings (SSSR count). The van der Waals surface area contributed by atoms with Gasteiger partial charge in [0.25, 0.3) is 5.56 Å². The van der Waals surface area contributed by atoms with E-state index in [4.69, 9.17) is 0 Å².